The normalized spacial score (nSPS) is 22.8. The van der Waals surface area contributed by atoms with Gasteiger partial charge in [-0.15, -0.1) is 0 Å². The zero-order chi connectivity index (χ0) is 12.6. The van der Waals surface area contributed by atoms with E-state index in [0.717, 1.165) is 22.9 Å². The van der Waals surface area contributed by atoms with Crippen LogP contribution in [-0.4, -0.2) is 11.9 Å². The first-order chi connectivity index (χ1) is 7.95. The lowest BCUT2D eigenvalue weighted by Crippen LogP contribution is -2.53. The van der Waals surface area contributed by atoms with Gasteiger partial charge in [-0.1, -0.05) is 22.0 Å². The predicted octanol–water partition coefficient (Wildman–Crippen LogP) is 2.07. The van der Waals surface area contributed by atoms with Crippen molar-refractivity contribution in [1.29, 1.82) is 0 Å². The molecule has 0 radical (unpaired) electrons. The summed E-state index contributed by atoms with van der Waals surface area (Å²) in [7, 11) is 0. The van der Waals surface area contributed by atoms with Gasteiger partial charge in [0.15, 0.2) is 0 Å². The number of nitrogens with one attached hydrogen (secondary N) is 1. The Morgan fingerprint density at radius 2 is 2.24 bits per heavy atom. The fourth-order valence-corrected chi connectivity index (χ4v) is 3.02. The molecule has 1 atom stereocenters. The Bertz CT molecular complexity index is 459. The number of hydrogen-bond acceptors (Lipinski definition) is 2. The largest absolute Gasteiger partial charge is 0.368 e. The highest BCUT2D eigenvalue weighted by molar-refractivity contribution is 9.10. The molecule has 1 amide bonds. The number of benzene rings is 1. The number of fused-ring (bicyclic) bond motifs is 1. The Balaban J connectivity index is 2.49. The van der Waals surface area contributed by atoms with E-state index in [1.54, 1.807) is 0 Å². The van der Waals surface area contributed by atoms with Gasteiger partial charge >= 0.3 is 0 Å². The Morgan fingerprint density at radius 1 is 1.53 bits per heavy atom. The third-order valence-electron chi connectivity index (χ3n) is 3.25. The second kappa shape index (κ2) is 4.42. The van der Waals surface area contributed by atoms with Crippen molar-refractivity contribution in [3.63, 3.8) is 0 Å². The maximum atomic E-state index is 11.9. The third kappa shape index (κ3) is 2.11. The molecule has 1 aromatic rings. The summed E-state index contributed by atoms with van der Waals surface area (Å²) in [6, 6.07) is 6.25. The van der Waals surface area contributed by atoms with E-state index < -0.39 is 5.54 Å². The molecular weight excluding hydrogens is 280 g/mol. The molecule has 0 heterocycles. The number of halogens is 1. The molecule has 0 saturated heterocycles. The molecule has 0 saturated carbocycles. The van der Waals surface area contributed by atoms with Crippen LogP contribution in [0.5, 0.6) is 0 Å². The van der Waals surface area contributed by atoms with E-state index in [9.17, 15) is 4.79 Å². The first-order valence-corrected chi connectivity index (χ1v) is 6.61. The second-order valence-electron chi connectivity index (χ2n) is 4.87. The van der Waals surface area contributed by atoms with Crippen molar-refractivity contribution in [2.24, 2.45) is 5.73 Å². The van der Waals surface area contributed by atoms with Gasteiger partial charge in [-0.2, -0.15) is 0 Å². The molecule has 0 aromatic heterocycles. The minimum Gasteiger partial charge on any atom is -0.368 e. The summed E-state index contributed by atoms with van der Waals surface area (Å²) in [6.45, 7) is 4.06. The van der Waals surface area contributed by atoms with E-state index in [4.69, 9.17) is 5.73 Å². The lowest BCUT2D eigenvalue weighted by Gasteiger charge is -2.30. The summed E-state index contributed by atoms with van der Waals surface area (Å²) in [5.74, 6) is -0.285. The topological polar surface area (TPSA) is 55.1 Å². The minimum absolute atomic E-state index is 0.220. The SMILES string of the molecule is CC(C)NC1(C(N)=O)CCc2cc(Br)ccc21. The van der Waals surface area contributed by atoms with Crippen LogP contribution in [0.3, 0.4) is 0 Å². The Morgan fingerprint density at radius 3 is 2.82 bits per heavy atom. The molecule has 3 N–H and O–H groups in total. The number of carbonyl (C=O) groups is 1. The molecule has 0 bridgehead atoms. The van der Waals surface area contributed by atoms with Crippen molar-refractivity contribution in [3.05, 3.63) is 33.8 Å². The number of carbonyl (C=O) groups excluding carboxylic acids is 1. The van der Waals surface area contributed by atoms with Crippen LogP contribution in [-0.2, 0) is 16.8 Å². The van der Waals surface area contributed by atoms with Gasteiger partial charge in [0, 0.05) is 10.5 Å². The summed E-state index contributed by atoms with van der Waals surface area (Å²) in [4.78, 5) is 11.9. The summed E-state index contributed by atoms with van der Waals surface area (Å²) in [6.07, 6.45) is 1.63. The van der Waals surface area contributed by atoms with E-state index in [0.29, 0.717) is 0 Å². The van der Waals surface area contributed by atoms with Gasteiger partial charge < -0.3 is 5.73 Å². The van der Waals surface area contributed by atoms with Crippen molar-refractivity contribution < 1.29 is 4.79 Å². The smallest absolute Gasteiger partial charge is 0.242 e. The lowest BCUT2D eigenvalue weighted by molar-refractivity contribution is -0.125. The van der Waals surface area contributed by atoms with Gasteiger partial charge in [0.25, 0.3) is 0 Å². The van der Waals surface area contributed by atoms with Crippen molar-refractivity contribution in [2.75, 3.05) is 0 Å². The van der Waals surface area contributed by atoms with E-state index >= 15 is 0 Å². The molecule has 17 heavy (non-hydrogen) atoms. The van der Waals surface area contributed by atoms with Gasteiger partial charge in [0.05, 0.1) is 0 Å². The fraction of sp³-hybridized carbons (Fsp3) is 0.462. The van der Waals surface area contributed by atoms with Crippen LogP contribution in [0, 0.1) is 0 Å². The predicted molar refractivity (Wildman–Crippen MR) is 71.6 cm³/mol. The van der Waals surface area contributed by atoms with Gasteiger partial charge in [-0.3, -0.25) is 10.1 Å². The number of aryl methyl sites for hydroxylation is 1. The molecule has 1 aliphatic carbocycles. The number of primary amides is 1. The molecule has 0 fully saturated rings. The lowest BCUT2D eigenvalue weighted by atomic mass is 9.90. The van der Waals surface area contributed by atoms with Crippen LogP contribution in [0.25, 0.3) is 0 Å². The highest BCUT2D eigenvalue weighted by atomic mass is 79.9. The Hall–Kier alpha value is -0.870. The maximum Gasteiger partial charge on any atom is 0.242 e. The second-order valence-corrected chi connectivity index (χ2v) is 5.79. The van der Waals surface area contributed by atoms with Gasteiger partial charge in [0.1, 0.15) is 5.54 Å². The van der Waals surface area contributed by atoms with Crippen molar-refractivity contribution in [3.8, 4) is 0 Å². The molecule has 0 aliphatic heterocycles. The van der Waals surface area contributed by atoms with Gasteiger partial charge in [-0.25, -0.2) is 0 Å². The summed E-state index contributed by atoms with van der Waals surface area (Å²) < 4.78 is 1.04. The molecule has 1 aliphatic rings. The van der Waals surface area contributed by atoms with Crippen LogP contribution in [0.4, 0.5) is 0 Å². The molecule has 4 heteroatoms. The Labute approximate surface area is 110 Å². The average molecular weight is 297 g/mol. The fourth-order valence-electron chi connectivity index (χ4n) is 2.61. The molecule has 1 unspecified atom stereocenters. The average Bonchev–Trinajstić information content (AvgIpc) is 2.57. The zero-order valence-electron chi connectivity index (χ0n) is 10.1. The van der Waals surface area contributed by atoms with Crippen LogP contribution in [0.1, 0.15) is 31.4 Å². The summed E-state index contributed by atoms with van der Waals surface area (Å²) >= 11 is 3.45. The zero-order valence-corrected chi connectivity index (χ0v) is 11.7. The molecule has 3 nitrogen and oxygen atoms in total. The number of hydrogen-bond donors (Lipinski definition) is 2. The monoisotopic (exact) mass is 296 g/mol. The molecule has 2 rings (SSSR count). The maximum absolute atomic E-state index is 11.9. The Kier molecular flexibility index (Phi) is 3.27. The van der Waals surface area contributed by atoms with Crippen molar-refractivity contribution in [2.45, 2.75) is 38.3 Å². The van der Waals surface area contributed by atoms with Gasteiger partial charge in [-0.05, 0) is 49.9 Å². The van der Waals surface area contributed by atoms with E-state index in [-0.39, 0.29) is 11.9 Å². The molecule has 92 valence electrons. The molecular formula is C13H17BrN2O. The van der Waals surface area contributed by atoms with Crippen LogP contribution in [0.2, 0.25) is 0 Å². The van der Waals surface area contributed by atoms with Crippen LogP contribution in [0.15, 0.2) is 22.7 Å². The number of rotatable bonds is 3. The molecule has 0 spiro atoms. The standard InChI is InChI=1S/C13H17BrN2O/c1-8(2)16-13(12(15)17)6-5-9-7-10(14)3-4-11(9)13/h3-4,7-8,16H,5-6H2,1-2H3,(H2,15,17). The molecule has 1 aromatic carbocycles. The summed E-state index contributed by atoms with van der Waals surface area (Å²) in [5.41, 5.74) is 7.16. The quantitative estimate of drug-likeness (QED) is 0.897. The van der Waals surface area contributed by atoms with Crippen molar-refractivity contribution in [1.82, 2.24) is 5.32 Å². The van der Waals surface area contributed by atoms with Gasteiger partial charge in [0.2, 0.25) is 5.91 Å². The highest BCUT2D eigenvalue weighted by Crippen LogP contribution is 2.38. The van der Waals surface area contributed by atoms with E-state index in [1.165, 1.54) is 5.56 Å². The summed E-state index contributed by atoms with van der Waals surface area (Å²) in [5, 5.41) is 3.34. The van der Waals surface area contributed by atoms with Crippen molar-refractivity contribution >= 4 is 21.8 Å². The van der Waals surface area contributed by atoms with Crippen LogP contribution < -0.4 is 11.1 Å². The third-order valence-corrected chi connectivity index (χ3v) is 3.75. The number of amides is 1. The highest BCUT2D eigenvalue weighted by Gasteiger charge is 2.44. The first kappa shape index (κ1) is 12.6. The minimum atomic E-state index is -0.690. The van der Waals surface area contributed by atoms with Crippen LogP contribution >= 0.6 is 15.9 Å². The van der Waals surface area contributed by atoms with E-state index in [2.05, 4.69) is 27.3 Å². The number of nitrogens with two attached hydrogens (primary N) is 1. The van der Waals surface area contributed by atoms with E-state index in [1.807, 2.05) is 26.0 Å². The first-order valence-electron chi connectivity index (χ1n) is 5.82.